The second-order valence-corrected chi connectivity index (χ2v) is 9.06. The molecule has 3 heteroatoms. The zero-order valence-electron chi connectivity index (χ0n) is 18.4. The third kappa shape index (κ3) is 2.31. The number of fused-ring (bicyclic) bond motifs is 7. The summed E-state index contributed by atoms with van der Waals surface area (Å²) in [5.74, 6) is 0. The number of rotatable bonds is 1. The first-order valence-electron chi connectivity index (χ1n) is 11.6. The first-order valence-corrected chi connectivity index (χ1v) is 11.6. The van der Waals surface area contributed by atoms with E-state index in [1.807, 2.05) is 18.5 Å². The molecular formula is C31H19N3. The predicted octanol–water partition coefficient (Wildman–Crippen LogP) is 7.60. The number of hydrogen-bond donors (Lipinski definition) is 0. The molecule has 7 aromatic rings. The van der Waals surface area contributed by atoms with Crippen LogP contribution in [0.15, 0.2) is 97.3 Å². The maximum atomic E-state index is 4.91. The Morgan fingerprint density at radius 3 is 2.56 bits per heavy atom. The minimum absolute atomic E-state index is 0.943. The Balaban J connectivity index is 1.52. The lowest BCUT2D eigenvalue weighted by atomic mass is 9.90. The van der Waals surface area contributed by atoms with Crippen LogP contribution >= 0.6 is 0 Å². The molecular weight excluding hydrogens is 414 g/mol. The van der Waals surface area contributed by atoms with Gasteiger partial charge in [-0.3, -0.25) is 9.97 Å². The first-order chi connectivity index (χ1) is 16.9. The smallest absolute Gasteiger partial charge is 0.0966 e. The topological polar surface area (TPSA) is 30.7 Å². The van der Waals surface area contributed by atoms with E-state index in [0.717, 1.165) is 33.9 Å². The fourth-order valence-electron chi connectivity index (χ4n) is 5.82. The fraction of sp³-hybridized carbons (Fsp3) is 0.0323. The van der Waals surface area contributed by atoms with Crippen LogP contribution in [0, 0.1) is 0 Å². The van der Waals surface area contributed by atoms with Gasteiger partial charge in [-0.1, -0.05) is 66.7 Å². The van der Waals surface area contributed by atoms with Gasteiger partial charge in [-0.25, -0.2) is 0 Å². The number of benzene rings is 4. The van der Waals surface area contributed by atoms with Crippen molar-refractivity contribution in [3.8, 4) is 5.69 Å². The highest BCUT2D eigenvalue weighted by molar-refractivity contribution is 6.18. The normalized spacial score (nSPS) is 13.1. The summed E-state index contributed by atoms with van der Waals surface area (Å²) in [6.45, 7) is 0. The molecule has 4 aromatic carbocycles. The van der Waals surface area contributed by atoms with Crippen LogP contribution < -0.4 is 0 Å². The molecule has 0 unspecified atom stereocenters. The van der Waals surface area contributed by atoms with E-state index in [9.17, 15) is 0 Å². The minimum atomic E-state index is 0.943. The lowest BCUT2D eigenvalue weighted by molar-refractivity contribution is 1.16. The van der Waals surface area contributed by atoms with Gasteiger partial charge in [0.15, 0.2) is 0 Å². The van der Waals surface area contributed by atoms with Gasteiger partial charge in [0.05, 0.1) is 34.0 Å². The summed E-state index contributed by atoms with van der Waals surface area (Å²) in [6.07, 6.45) is 9.33. The molecule has 0 aliphatic heterocycles. The third-order valence-electron chi connectivity index (χ3n) is 7.22. The molecule has 0 spiro atoms. The van der Waals surface area contributed by atoms with Gasteiger partial charge < -0.3 is 4.57 Å². The molecule has 0 saturated carbocycles. The van der Waals surface area contributed by atoms with Crippen molar-refractivity contribution < 1.29 is 0 Å². The number of aromatic nitrogens is 3. The van der Waals surface area contributed by atoms with Crippen LogP contribution in [0.5, 0.6) is 0 Å². The van der Waals surface area contributed by atoms with Crippen molar-refractivity contribution in [3.63, 3.8) is 0 Å². The molecule has 3 heterocycles. The van der Waals surface area contributed by atoms with Crippen LogP contribution in [0.25, 0.3) is 66.1 Å². The number of allylic oxidation sites excluding steroid dienone is 1. The lowest BCUT2D eigenvalue weighted by Crippen LogP contribution is -1.98. The Hall–Kier alpha value is -4.50. The highest BCUT2D eigenvalue weighted by Crippen LogP contribution is 2.41. The van der Waals surface area contributed by atoms with Gasteiger partial charge in [0.2, 0.25) is 0 Å². The van der Waals surface area contributed by atoms with E-state index in [2.05, 4.69) is 94.5 Å². The van der Waals surface area contributed by atoms with Crippen LogP contribution in [0.4, 0.5) is 0 Å². The summed E-state index contributed by atoms with van der Waals surface area (Å²) in [6, 6.07) is 28.3. The Labute approximate surface area is 195 Å². The highest BCUT2D eigenvalue weighted by atomic mass is 15.0. The zero-order chi connectivity index (χ0) is 22.2. The average Bonchev–Trinajstić information content (AvgIpc) is 3.23. The molecule has 0 bridgehead atoms. The summed E-state index contributed by atoms with van der Waals surface area (Å²) < 4.78 is 2.38. The van der Waals surface area contributed by atoms with Crippen LogP contribution in [0.3, 0.4) is 0 Å². The number of nitrogens with zero attached hydrogens (tertiary/aromatic N) is 3. The molecule has 0 saturated heterocycles. The lowest BCUT2D eigenvalue weighted by Gasteiger charge is -2.15. The van der Waals surface area contributed by atoms with Gasteiger partial charge in [0.25, 0.3) is 0 Å². The van der Waals surface area contributed by atoms with Crippen LogP contribution in [-0.4, -0.2) is 14.5 Å². The minimum Gasteiger partial charge on any atom is -0.308 e. The van der Waals surface area contributed by atoms with Crippen LogP contribution in [0.1, 0.15) is 11.1 Å². The van der Waals surface area contributed by atoms with Crippen molar-refractivity contribution in [2.24, 2.45) is 0 Å². The zero-order valence-corrected chi connectivity index (χ0v) is 18.4. The van der Waals surface area contributed by atoms with Crippen molar-refractivity contribution >= 4 is 60.5 Å². The summed E-state index contributed by atoms with van der Waals surface area (Å²) in [7, 11) is 0. The largest absolute Gasteiger partial charge is 0.308 e. The van der Waals surface area contributed by atoms with Crippen molar-refractivity contribution in [1.82, 2.24) is 14.5 Å². The Morgan fingerprint density at radius 1 is 0.676 bits per heavy atom. The second kappa shape index (κ2) is 6.52. The van der Waals surface area contributed by atoms with E-state index in [1.54, 1.807) is 0 Å². The Kier molecular flexibility index (Phi) is 3.45. The fourth-order valence-corrected chi connectivity index (χ4v) is 5.82. The van der Waals surface area contributed by atoms with Crippen LogP contribution in [0.2, 0.25) is 0 Å². The van der Waals surface area contributed by atoms with E-state index < -0.39 is 0 Å². The van der Waals surface area contributed by atoms with Gasteiger partial charge in [-0.15, -0.1) is 0 Å². The van der Waals surface area contributed by atoms with Gasteiger partial charge in [0, 0.05) is 27.7 Å². The molecule has 158 valence electrons. The molecule has 8 rings (SSSR count). The average molecular weight is 434 g/mol. The maximum absolute atomic E-state index is 4.91. The Morgan fingerprint density at radius 2 is 1.56 bits per heavy atom. The molecule has 3 aromatic heterocycles. The summed E-state index contributed by atoms with van der Waals surface area (Å²) in [5.41, 5.74) is 8.13. The van der Waals surface area contributed by atoms with Crippen LogP contribution in [-0.2, 0) is 6.42 Å². The van der Waals surface area contributed by atoms with Crippen molar-refractivity contribution in [3.05, 3.63) is 108 Å². The van der Waals surface area contributed by atoms with E-state index in [4.69, 9.17) is 4.98 Å². The third-order valence-corrected chi connectivity index (χ3v) is 7.22. The SMILES string of the molecule is C1=Cc2cccc3cc4c(c(c23)C1)c1ccccc1n4-c1cnc2c(ccc3cccnc32)c1. The highest BCUT2D eigenvalue weighted by Gasteiger charge is 2.20. The molecule has 1 aliphatic rings. The quantitative estimate of drug-likeness (QED) is 0.250. The van der Waals surface area contributed by atoms with E-state index in [-0.39, 0.29) is 0 Å². The van der Waals surface area contributed by atoms with Crippen molar-refractivity contribution in [2.45, 2.75) is 6.42 Å². The summed E-state index contributed by atoms with van der Waals surface area (Å²) in [4.78, 5) is 9.51. The molecule has 1 aliphatic carbocycles. The standard InChI is InChI=1S/C31H19N3/c1-2-12-26-24(10-1)29-25-11-4-7-19-6-3-8-21(28(19)25)17-27(29)34(26)23-16-22-14-13-20-9-5-15-32-30(20)31(22)33-18-23/h1-10,12-18H,11H2. The first kappa shape index (κ1) is 18.0. The predicted molar refractivity (Wildman–Crippen MR) is 142 cm³/mol. The van der Waals surface area contributed by atoms with Crippen molar-refractivity contribution in [2.75, 3.05) is 0 Å². The Bertz CT molecular complexity index is 1990. The molecule has 3 nitrogen and oxygen atoms in total. The molecule has 34 heavy (non-hydrogen) atoms. The molecule has 0 radical (unpaired) electrons. The van der Waals surface area contributed by atoms with Gasteiger partial charge >= 0.3 is 0 Å². The van der Waals surface area contributed by atoms with E-state index >= 15 is 0 Å². The van der Waals surface area contributed by atoms with Gasteiger partial charge in [-0.05, 0) is 52.6 Å². The van der Waals surface area contributed by atoms with E-state index in [1.165, 1.54) is 43.7 Å². The number of hydrogen-bond acceptors (Lipinski definition) is 2. The second-order valence-electron chi connectivity index (χ2n) is 9.06. The summed E-state index contributed by atoms with van der Waals surface area (Å²) in [5, 5.41) is 7.52. The van der Waals surface area contributed by atoms with E-state index in [0.29, 0.717) is 0 Å². The molecule has 0 fully saturated rings. The van der Waals surface area contributed by atoms with Gasteiger partial charge in [-0.2, -0.15) is 0 Å². The molecule has 0 amide bonds. The number of pyridine rings is 2. The molecule has 0 N–H and O–H groups in total. The molecule has 0 atom stereocenters. The monoisotopic (exact) mass is 433 g/mol. The summed E-state index contributed by atoms with van der Waals surface area (Å²) >= 11 is 0. The van der Waals surface area contributed by atoms with Crippen molar-refractivity contribution in [1.29, 1.82) is 0 Å². The van der Waals surface area contributed by atoms with Gasteiger partial charge in [0.1, 0.15) is 0 Å². The number of para-hydroxylation sites is 1. The maximum Gasteiger partial charge on any atom is 0.0966 e.